The van der Waals surface area contributed by atoms with E-state index in [1.807, 2.05) is 18.2 Å². The third kappa shape index (κ3) is 4.39. The fourth-order valence-electron chi connectivity index (χ4n) is 2.96. The highest BCUT2D eigenvalue weighted by Gasteiger charge is 2.17. The Labute approximate surface area is 170 Å². The Morgan fingerprint density at radius 2 is 1.73 bits per heavy atom. The van der Waals surface area contributed by atoms with Gasteiger partial charge in [0.1, 0.15) is 5.75 Å². The third-order valence-corrected chi connectivity index (χ3v) is 5.50. The van der Waals surface area contributed by atoms with E-state index in [0.29, 0.717) is 11.3 Å². The van der Waals surface area contributed by atoms with E-state index in [4.69, 9.17) is 4.74 Å². The fraction of sp³-hybridized carbons (Fsp3) is 0.316. The van der Waals surface area contributed by atoms with Crippen LogP contribution in [0.3, 0.4) is 0 Å². The molecule has 1 fully saturated rings. The number of carbonyl (C=O) groups excluding carboxylic acids is 1. The number of nitrogens with zero attached hydrogens (tertiary/aromatic N) is 2. The van der Waals surface area contributed by atoms with E-state index >= 15 is 0 Å². The summed E-state index contributed by atoms with van der Waals surface area (Å²) in [5.74, 6) is 0.302. The van der Waals surface area contributed by atoms with Gasteiger partial charge in [0.05, 0.1) is 17.1 Å². The molecule has 1 N–H and O–H groups in total. The Hall–Kier alpha value is -1.57. The van der Waals surface area contributed by atoms with Crippen LogP contribution >= 0.6 is 31.9 Å². The maximum atomic E-state index is 12.7. The van der Waals surface area contributed by atoms with Crippen molar-refractivity contribution in [1.82, 2.24) is 4.90 Å². The van der Waals surface area contributed by atoms with Crippen molar-refractivity contribution in [2.24, 2.45) is 0 Å². The van der Waals surface area contributed by atoms with Crippen molar-refractivity contribution in [2.75, 3.05) is 50.6 Å². The van der Waals surface area contributed by atoms with Gasteiger partial charge >= 0.3 is 0 Å². The normalized spacial score (nSPS) is 15.0. The lowest BCUT2D eigenvalue weighted by molar-refractivity contribution is 0.102. The summed E-state index contributed by atoms with van der Waals surface area (Å²) in [6.07, 6.45) is 0. The van der Waals surface area contributed by atoms with Gasteiger partial charge in [-0.15, -0.1) is 0 Å². The lowest BCUT2D eigenvalue weighted by atomic mass is 10.1. The number of anilines is 2. The average Bonchev–Trinajstić information content (AvgIpc) is 2.62. The number of piperazine rings is 1. The second-order valence-corrected chi connectivity index (χ2v) is 8.03. The number of hydrogen-bond donors (Lipinski definition) is 1. The molecule has 0 spiro atoms. The molecule has 138 valence electrons. The Morgan fingerprint density at radius 3 is 2.35 bits per heavy atom. The smallest absolute Gasteiger partial charge is 0.259 e. The molecular weight excluding hydrogens is 462 g/mol. The highest BCUT2D eigenvalue weighted by molar-refractivity contribution is 9.11. The van der Waals surface area contributed by atoms with E-state index in [-0.39, 0.29) is 5.91 Å². The topological polar surface area (TPSA) is 44.8 Å². The summed E-state index contributed by atoms with van der Waals surface area (Å²) in [5, 5.41) is 2.94. The maximum absolute atomic E-state index is 12.7. The lowest BCUT2D eigenvalue weighted by Gasteiger charge is -2.34. The standard InChI is InChI=1S/C19H21Br2N3O2/c1-23-7-9-24(10-8-23)15-5-3-14(4-6-15)22-19(25)16-11-13(20)12-17(21)18(16)26-2/h3-6,11-12H,7-10H2,1-2H3,(H,22,25). The molecule has 0 aromatic heterocycles. The SMILES string of the molecule is COc1c(Br)cc(Br)cc1C(=O)Nc1ccc(N2CCN(C)CC2)cc1. The monoisotopic (exact) mass is 481 g/mol. The minimum absolute atomic E-state index is 0.212. The molecule has 0 atom stereocenters. The number of carbonyl (C=O) groups is 1. The molecule has 3 rings (SSSR count). The van der Waals surface area contributed by atoms with Gasteiger partial charge in [0, 0.05) is 42.0 Å². The summed E-state index contributed by atoms with van der Waals surface area (Å²) in [6, 6.07) is 11.6. The molecule has 2 aromatic rings. The number of rotatable bonds is 4. The van der Waals surface area contributed by atoms with Crippen molar-refractivity contribution in [3.8, 4) is 5.75 Å². The van der Waals surface area contributed by atoms with Gasteiger partial charge in [-0.25, -0.2) is 0 Å². The zero-order valence-corrected chi connectivity index (χ0v) is 17.9. The summed E-state index contributed by atoms with van der Waals surface area (Å²) in [5.41, 5.74) is 2.40. The lowest BCUT2D eigenvalue weighted by Crippen LogP contribution is -2.44. The molecule has 26 heavy (non-hydrogen) atoms. The van der Waals surface area contributed by atoms with Gasteiger partial charge in [0.15, 0.2) is 0 Å². The van der Waals surface area contributed by atoms with E-state index in [9.17, 15) is 4.79 Å². The van der Waals surface area contributed by atoms with Crippen LogP contribution in [-0.2, 0) is 0 Å². The summed E-state index contributed by atoms with van der Waals surface area (Å²) in [4.78, 5) is 17.4. The van der Waals surface area contributed by atoms with E-state index < -0.39 is 0 Å². The van der Waals surface area contributed by atoms with Gasteiger partial charge in [-0.3, -0.25) is 4.79 Å². The second-order valence-electron chi connectivity index (χ2n) is 6.26. The van der Waals surface area contributed by atoms with Crippen molar-refractivity contribution in [3.63, 3.8) is 0 Å². The molecule has 7 heteroatoms. The van der Waals surface area contributed by atoms with Crippen LogP contribution < -0.4 is 15.0 Å². The van der Waals surface area contributed by atoms with Crippen LogP contribution in [0.4, 0.5) is 11.4 Å². The Bertz CT molecular complexity index is 788. The van der Waals surface area contributed by atoms with Crippen molar-refractivity contribution < 1.29 is 9.53 Å². The molecule has 0 bridgehead atoms. The summed E-state index contributed by atoms with van der Waals surface area (Å²) >= 11 is 6.84. The summed E-state index contributed by atoms with van der Waals surface area (Å²) < 4.78 is 6.89. The first-order valence-corrected chi connectivity index (χ1v) is 9.94. The van der Waals surface area contributed by atoms with Crippen LogP contribution in [0, 0.1) is 0 Å². The zero-order chi connectivity index (χ0) is 18.7. The first-order chi connectivity index (χ1) is 12.5. The molecule has 1 saturated heterocycles. The predicted octanol–water partition coefficient (Wildman–Crippen LogP) is 4.22. The molecule has 1 amide bonds. The maximum Gasteiger partial charge on any atom is 0.259 e. The minimum atomic E-state index is -0.212. The average molecular weight is 483 g/mol. The van der Waals surface area contributed by atoms with Gasteiger partial charge in [0.2, 0.25) is 0 Å². The van der Waals surface area contributed by atoms with Gasteiger partial charge in [-0.1, -0.05) is 15.9 Å². The largest absolute Gasteiger partial charge is 0.495 e. The number of halogens is 2. The molecule has 0 saturated carbocycles. The van der Waals surface area contributed by atoms with Crippen LogP contribution in [0.15, 0.2) is 45.3 Å². The molecule has 1 aliphatic heterocycles. The number of ether oxygens (including phenoxy) is 1. The number of methoxy groups -OCH3 is 1. The minimum Gasteiger partial charge on any atom is -0.495 e. The molecule has 0 radical (unpaired) electrons. The van der Waals surface area contributed by atoms with Gasteiger partial charge in [-0.05, 0) is 59.4 Å². The van der Waals surface area contributed by atoms with Crippen LogP contribution in [0.25, 0.3) is 0 Å². The van der Waals surface area contributed by atoms with Crippen molar-refractivity contribution in [2.45, 2.75) is 0 Å². The van der Waals surface area contributed by atoms with E-state index in [0.717, 1.165) is 40.8 Å². The van der Waals surface area contributed by atoms with E-state index in [1.165, 1.54) is 5.69 Å². The predicted molar refractivity (Wildman–Crippen MR) is 112 cm³/mol. The third-order valence-electron chi connectivity index (χ3n) is 4.45. The van der Waals surface area contributed by atoms with Crippen LogP contribution in [0.2, 0.25) is 0 Å². The van der Waals surface area contributed by atoms with Crippen LogP contribution in [0.5, 0.6) is 5.75 Å². The highest BCUT2D eigenvalue weighted by atomic mass is 79.9. The number of benzene rings is 2. The number of likely N-dealkylation sites (N-methyl/N-ethyl adjacent to an activating group) is 1. The van der Waals surface area contributed by atoms with E-state index in [1.54, 1.807) is 13.2 Å². The number of nitrogens with one attached hydrogen (secondary N) is 1. The van der Waals surface area contributed by atoms with Crippen LogP contribution in [-0.4, -0.2) is 51.1 Å². The number of amides is 1. The fourth-order valence-corrected chi connectivity index (χ4v) is 4.34. The molecule has 1 heterocycles. The summed E-state index contributed by atoms with van der Waals surface area (Å²) in [7, 11) is 3.69. The molecule has 0 aliphatic carbocycles. The molecule has 2 aromatic carbocycles. The first-order valence-electron chi connectivity index (χ1n) is 8.36. The van der Waals surface area contributed by atoms with E-state index in [2.05, 4.69) is 66.2 Å². The Kier molecular flexibility index (Phi) is 6.21. The molecule has 0 unspecified atom stereocenters. The van der Waals surface area contributed by atoms with Crippen LogP contribution in [0.1, 0.15) is 10.4 Å². The van der Waals surface area contributed by atoms with Gasteiger partial charge in [-0.2, -0.15) is 0 Å². The highest BCUT2D eigenvalue weighted by Crippen LogP contribution is 2.33. The molecule has 1 aliphatic rings. The summed E-state index contributed by atoms with van der Waals surface area (Å²) in [6.45, 7) is 4.17. The quantitative estimate of drug-likeness (QED) is 0.708. The second kappa shape index (κ2) is 8.41. The Morgan fingerprint density at radius 1 is 1.08 bits per heavy atom. The molecule has 5 nitrogen and oxygen atoms in total. The van der Waals surface area contributed by atoms with Gasteiger partial charge in [0.25, 0.3) is 5.91 Å². The Balaban J connectivity index is 1.72. The van der Waals surface area contributed by atoms with Crippen molar-refractivity contribution in [3.05, 3.63) is 50.9 Å². The van der Waals surface area contributed by atoms with Crippen molar-refractivity contribution in [1.29, 1.82) is 0 Å². The molecular formula is C19H21Br2N3O2. The number of hydrogen-bond acceptors (Lipinski definition) is 4. The zero-order valence-electron chi connectivity index (χ0n) is 14.8. The first kappa shape index (κ1) is 19.2. The van der Waals surface area contributed by atoms with Gasteiger partial charge < -0.3 is 19.9 Å². The van der Waals surface area contributed by atoms with Crippen molar-refractivity contribution >= 4 is 49.1 Å².